The number of benzene rings is 1. The molecule has 1 aromatic carbocycles. The molecular weight excluding hydrogens is 336 g/mol. The SMILES string of the molecule is Cc1cc(NC(=O)N2CCC(CC(=O)O)C2)cc(C)c1Br. The monoisotopic (exact) mass is 354 g/mol. The summed E-state index contributed by atoms with van der Waals surface area (Å²) < 4.78 is 1.04. The van der Waals surface area contributed by atoms with Crippen molar-refractivity contribution in [3.05, 3.63) is 27.7 Å². The van der Waals surface area contributed by atoms with E-state index in [0.29, 0.717) is 13.1 Å². The smallest absolute Gasteiger partial charge is 0.321 e. The number of hydrogen-bond acceptors (Lipinski definition) is 2. The van der Waals surface area contributed by atoms with Crippen molar-refractivity contribution in [1.29, 1.82) is 0 Å². The summed E-state index contributed by atoms with van der Waals surface area (Å²) in [5.41, 5.74) is 2.89. The molecule has 0 spiro atoms. The van der Waals surface area contributed by atoms with Crippen molar-refractivity contribution in [2.24, 2.45) is 5.92 Å². The number of aryl methyl sites for hydroxylation is 2. The van der Waals surface area contributed by atoms with E-state index in [1.165, 1.54) is 0 Å². The number of carbonyl (C=O) groups excluding carboxylic acids is 1. The highest BCUT2D eigenvalue weighted by Crippen LogP contribution is 2.26. The number of carboxylic acid groups (broad SMARTS) is 1. The third-order valence-corrected chi connectivity index (χ3v) is 4.97. The minimum absolute atomic E-state index is 0.0571. The number of carbonyl (C=O) groups is 2. The lowest BCUT2D eigenvalue weighted by Gasteiger charge is -2.18. The van der Waals surface area contributed by atoms with Gasteiger partial charge < -0.3 is 15.3 Å². The van der Waals surface area contributed by atoms with Gasteiger partial charge in [-0.25, -0.2) is 4.79 Å². The third kappa shape index (κ3) is 3.97. The van der Waals surface area contributed by atoms with Crippen LogP contribution in [0.25, 0.3) is 0 Å². The quantitative estimate of drug-likeness (QED) is 0.873. The fourth-order valence-corrected chi connectivity index (χ4v) is 2.88. The van der Waals surface area contributed by atoms with Gasteiger partial charge in [0.2, 0.25) is 0 Å². The molecule has 0 radical (unpaired) electrons. The molecule has 0 aromatic heterocycles. The summed E-state index contributed by atoms with van der Waals surface area (Å²) in [5, 5.41) is 11.7. The number of carboxylic acids is 1. The van der Waals surface area contributed by atoms with Crippen molar-refractivity contribution < 1.29 is 14.7 Å². The van der Waals surface area contributed by atoms with Crippen LogP contribution in [0.5, 0.6) is 0 Å². The first kappa shape index (κ1) is 15.8. The van der Waals surface area contributed by atoms with Gasteiger partial charge in [0.05, 0.1) is 0 Å². The normalized spacial score (nSPS) is 17.9. The van der Waals surface area contributed by atoms with Crippen molar-refractivity contribution in [3.63, 3.8) is 0 Å². The molecule has 1 unspecified atom stereocenters. The van der Waals surface area contributed by atoms with Gasteiger partial charge in [-0.05, 0) is 49.4 Å². The van der Waals surface area contributed by atoms with E-state index < -0.39 is 5.97 Å². The lowest BCUT2D eigenvalue weighted by molar-refractivity contribution is -0.138. The highest BCUT2D eigenvalue weighted by Gasteiger charge is 2.27. The molecule has 2 N–H and O–H groups in total. The van der Waals surface area contributed by atoms with Gasteiger partial charge in [-0.3, -0.25) is 4.79 Å². The van der Waals surface area contributed by atoms with Crippen molar-refractivity contribution in [3.8, 4) is 0 Å². The Balaban J connectivity index is 1.98. The van der Waals surface area contributed by atoms with E-state index in [1.807, 2.05) is 26.0 Å². The fourth-order valence-electron chi connectivity index (χ4n) is 2.65. The van der Waals surface area contributed by atoms with E-state index in [2.05, 4.69) is 21.2 Å². The molecule has 2 amide bonds. The molecule has 114 valence electrons. The zero-order valence-corrected chi connectivity index (χ0v) is 13.7. The van der Waals surface area contributed by atoms with E-state index in [0.717, 1.165) is 27.7 Å². The van der Waals surface area contributed by atoms with E-state index >= 15 is 0 Å². The molecule has 1 atom stereocenters. The largest absolute Gasteiger partial charge is 0.481 e. The second-order valence-electron chi connectivity index (χ2n) is 5.55. The van der Waals surface area contributed by atoms with E-state index in [1.54, 1.807) is 4.90 Å². The predicted molar refractivity (Wildman–Crippen MR) is 84.6 cm³/mol. The highest BCUT2D eigenvalue weighted by atomic mass is 79.9. The predicted octanol–water partition coefficient (Wildman–Crippen LogP) is 3.39. The molecule has 0 saturated carbocycles. The molecule has 6 heteroatoms. The van der Waals surface area contributed by atoms with Crippen molar-refractivity contribution in [2.75, 3.05) is 18.4 Å². The number of halogens is 1. The second-order valence-corrected chi connectivity index (χ2v) is 6.35. The summed E-state index contributed by atoms with van der Waals surface area (Å²) in [6, 6.07) is 3.67. The Bertz CT molecular complexity index is 551. The number of rotatable bonds is 3. The van der Waals surface area contributed by atoms with Crippen LogP contribution < -0.4 is 5.32 Å². The van der Waals surface area contributed by atoms with Crippen LogP contribution in [-0.2, 0) is 4.79 Å². The molecule has 5 nitrogen and oxygen atoms in total. The molecule has 0 aliphatic carbocycles. The Hall–Kier alpha value is -1.56. The van der Waals surface area contributed by atoms with Crippen LogP contribution in [0.4, 0.5) is 10.5 Å². The Morgan fingerprint density at radius 3 is 2.57 bits per heavy atom. The average molecular weight is 355 g/mol. The fraction of sp³-hybridized carbons (Fsp3) is 0.467. The van der Waals surface area contributed by atoms with Crippen molar-refractivity contribution in [2.45, 2.75) is 26.7 Å². The summed E-state index contributed by atoms with van der Waals surface area (Å²) in [7, 11) is 0. The number of urea groups is 1. The maximum absolute atomic E-state index is 12.2. The van der Waals surface area contributed by atoms with Gasteiger partial charge in [0.25, 0.3) is 0 Å². The van der Waals surface area contributed by atoms with Crippen LogP contribution in [-0.4, -0.2) is 35.1 Å². The minimum Gasteiger partial charge on any atom is -0.481 e. The molecule has 1 fully saturated rings. The van der Waals surface area contributed by atoms with Gasteiger partial charge in [-0.15, -0.1) is 0 Å². The van der Waals surface area contributed by atoms with E-state index in [-0.39, 0.29) is 18.4 Å². The van der Waals surface area contributed by atoms with Crippen LogP contribution in [0.3, 0.4) is 0 Å². The number of amides is 2. The van der Waals surface area contributed by atoms with Crippen molar-refractivity contribution in [1.82, 2.24) is 4.90 Å². The molecule has 1 aliphatic rings. The maximum Gasteiger partial charge on any atom is 0.321 e. The standard InChI is InChI=1S/C15H19BrN2O3/c1-9-5-12(6-10(2)14(9)16)17-15(21)18-4-3-11(8-18)7-13(19)20/h5-6,11H,3-4,7-8H2,1-2H3,(H,17,21)(H,19,20). The summed E-state index contributed by atoms with van der Waals surface area (Å²) >= 11 is 3.50. The Morgan fingerprint density at radius 1 is 1.38 bits per heavy atom. The Kier molecular flexibility index (Phi) is 4.88. The van der Waals surface area contributed by atoms with Crippen LogP contribution in [0.15, 0.2) is 16.6 Å². The van der Waals surface area contributed by atoms with Gasteiger partial charge in [0.15, 0.2) is 0 Å². The third-order valence-electron chi connectivity index (χ3n) is 3.72. The lowest BCUT2D eigenvalue weighted by atomic mass is 10.1. The maximum atomic E-state index is 12.2. The first-order valence-electron chi connectivity index (χ1n) is 6.91. The van der Waals surface area contributed by atoms with Gasteiger partial charge in [-0.1, -0.05) is 15.9 Å². The Labute approximate surface area is 132 Å². The first-order valence-corrected chi connectivity index (χ1v) is 7.70. The van der Waals surface area contributed by atoms with Crippen LogP contribution in [0.1, 0.15) is 24.0 Å². The van der Waals surface area contributed by atoms with Crippen LogP contribution >= 0.6 is 15.9 Å². The van der Waals surface area contributed by atoms with Gasteiger partial charge >= 0.3 is 12.0 Å². The molecular formula is C15H19BrN2O3. The number of likely N-dealkylation sites (tertiary alicyclic amines) is 1. The summed E-state index contributed by atoms with van der Waals surface area (Å²) in [6.45, 7) is 5.07. The molecule has 1 saturated heterocycles. The summed E-state index contributed by atoms with van der Waals surface area (Å²) in [6.07, 6.45) is 0.873. The Morgan fingerprint density at radius 2 is 2.00 bits per heavy atom. The molecule has 1 heterocycles. The zero-order chi connectivity index (χ0) is 15.6. The number of nitrogens with one attached hydrogen (secondary N) is 1. The van der Waals surface area contributed by atoms with Gasteiger partial charge in [0, 0.05) is 29.7 Å². The topological polar surface area (TPSA) is 69.6 Å². The average Bonchev–Trinajstić information content (AvgIpc) is 2.83. The first-order chi connectivity index (χ1) is 9.86. The van der Waals surface area contributed by atoms with Crippen molar-refractivity contribution >= 4 is 33.6 Å². The molecule has 0 bridgehead atoms. The van der Waals surface area contributed by atoms with Crippen LogP contribution in [0, 0.1) is 19.8 Å². The molecule has 21 heavy (non-hydrogen) atoms. The van der Waals surface area contributed by atoms with E-state index in [4.69, 9.17) is 5.11 Å². The molecule has 2 rings (SSSR count). The molecule has 1 aliphatic heterocycles. The second kappa shape index (κ2) is 6.47. The zero-order valence-electron chi connectivity index (χ0n) is 12.1. The van der Waals surface area contributed by atoms with E-state index in [9.17, 15) is 9.59 Å². The summed E-state index contributed by atoms with van der Waals surface area (Å²) in [4.78, 5) is 24.6. The minimum atomic E-state index is -0.804. The summed E-state index contributed by atoms with van der Waals surface area (Å²) in [5.74, 6) is -0.747. The lowest BCUT2D eigenvalue weighted by Crippen LogP contribution is -2.33. The number of anilines is 1. The highest BCUT2D eigenvalue weighted by molar-refractivity contribution is 9.10. The molecule has 1 aromatic rings. The van der Waals surface area contributed by atoms with Gasteiger partial charge in [-0.2, -0.15) is 0 Å². The van der Waals surface area contributed by atoms with Crippen LogP contribution in [0.2, 0.25) is 0 Å². The number of aliphatic carboxylic acids is 1. The van der Waals surface area contributed by atoms with Gasteiger partial charge in [0.1, 0.15) is 0 Å². The number of nitrogens with zero attached hydrogens (tertiary/aromatic N) is 1. The number of hydrogen-bond donors (Lipinski definition) is 2.